The molecule has 0 saturated carbocycles. The summed E-state index contributed by atoms with van der Waals surface area (Å²) in [5, 5.41) is 1.70. The van der Waals surface area contributed by atoms with E-state index in [1.54, 1.807) is 19.2 Å². The molecule has 0 radical (unpaired) electrons. The number of carbonyl (C=O) groups excluding carboxylic acids is 1. The monoisotopic (exact) mass is 296 g/mol. The molecule has 1 unspecified atom stereocenters. The molecule has 1 rings (SSSR count). The molecule has 112 valence electrons. The molecule has 0 aliphatic rings. The van der Waals surface area contributed by atoms with Crippen molar-refractivity contribution in [2.45, 2.75) is 13.8 Å². The van der Waals surface area contributed by atoms with Gasteiger partial charge >= 0.3 is 0 Å². The zero-order chi connectivity index (χ0) is 15.6. The van der Waals surface area contributed by atoms with Gasteiger partial charge in [-0.05, 0) is 5.92 Å². The highest BCUT2D eigenvalue weighted by Crippen LogP contribution is 2.27. The lowest BCUT2D eigenvalue weighted by Gasteiger charge is -2.19. The summed E-state index contributed by atoms with van der Waals surface area (Å²) >= 11 is 0. The Balaban J connectivity index is 3.20. The molecule has 20 heavy (non-hydrogen) atoms. The molecule has 0 aliphatic heterocycles. The molecule has 3 nitrogen and oxygen atoms in total. The van der Waals surface area contributed by atoms with Gasteiger partial charge in [0.25, 0.3) is 0 Å². The molecule has 0 aliphatic carbocycles. The predicted molar refractivity (Wildman–Crippen MR) is 62.2 cm³/mol. The number of hydrogen-bond donors (Lipinski definition) is 2. The van der Waals surface area contributed by atoms with Crippen LogP contribution in [-0.2, 0) is 4.79 Å². The van der Waals surface area contributed by atoms with Crippen LogP contribution in [0.1, 0.15) is 13.8 Å². The largest absolute Gasteiger partial charge is 0.330 e. The van der Waals surface area contributed by atoms with Gasteiger partial charge in [-0.1, -0.05) is 13.8 Å². The van der Waals surface area contributed by atoms with Crippen LogP contribution < -0.4 is 11.1 Å². The Hall–Kier alpha value is -1.70. The van der Waals surface area contributed by atoms with E-state index in [1.165, 1.54) is 0 Å². The third-order valence-corrected chi connectivity index (χ3v) is 2.85. The van der Waals surface area contributed by atoms with Gasteiger partial charge in [0.2, 0.25) is 11.7 Å². The van der Waals surface area contributed by atoms with Crippen molar-refractivity contribution in [2.75, 3.05) is 11.9 Å². The van der Waals surface area contributed by atoms with E-state index < -0.39 is 46.6 Å². The van der Waals surface area contributed by atoms with Crippen LogP contribution in [0.5, 0.6) is 0 Å². The molecule has 1 aromatic carbocycles. The van der Waals surface area contributed by atoms with Crippen LogP contribution in [0.2, 0.25) is 0 Å². The standard InChI is InChI=1S/C12H13F5N2O/c1-4(2)5(3-18)12(20)19-11-9(16)7(14)6(13)8(15)10(11)17/h4-5H,3,18H2,1-2H3,(H,19,20). The van der Waals surface area contributed by atoms with Crippen LogP contribution in [0.4, 0.5) is 27.6 Å². The summed E-state index contributed by atoms with van der Waals surface area (Å²) < 4.78 is 65.5. The van der Waals surface area contributed by atoms with Gasteiger partial charge in [-0.3, -0.25) is 4.79 Å². The molecule has 0 spiro atoms. The molecule has 3 N–H and O–H groups in total. The first kappa shape index (κ1) is 16.4. The molecular formula is C12H13F5N2O. The van der Waals surface area contributed by atoms with Crippen molar-refractivity contribution >= 4 is 11.6 Å². The Morgan fingerprint density at radius 1 is 1.00 bits per heavy atom. The zero-order valence-corrected chi connectivity index (χ0v) is 10.7. The van der Waals surface area contributed by atoms with Gasteiger partial charge in [0.05, 0.1) is 5.92 Å². The second-order valence-corrected chi connectivity index (χ2v) is 4.52. The van der Waals surface area contributed by atoms with Crippen molar-refractivity contribution < 1.29 is 26.7 Å². The number of nitrogens with two attached hydrogens (primary N) is 1. The quantitative estimate of drug-likeness (QED) is 0.510. The van der Waals surface area contributed by atoms with Crippen molar-refractivity contribution in [1.82, 2.24) is 0 Å². The topological polar surface area (TPSA) is 55.1 Å². The Bertz CT molecular complexity index is 504. The van der Waals surface area contributed by atoms with Crippen molar-refractivity contribution in [2.24, 2.45) is 17.6 Å². The van der Waals surface area contributed by atoms with Gasteiger partial charge in [-0.25, -0.2) is 22.0 Å². The highest BCUT2D eigenvalue weighted by atomic mass is 19.2. The second-order valence-electron chi connectivity index (χ2n) is 4.52. The number of anilines is 1. The van der Waals surface area contributed by atoms with E-state index in [0.717, 1.165) is 0 Å². The molecule has 0 fully saturated rings. The maximum absolute atomic E-state index is 13.4. The van der Waals surface area contributed by atoms with Gasteiger partial charge in [0, 0.05) is 6.54 Å². The first-order chi connectivity index (χ1) is 9.22. The molecular weight excluding hydrogens is 283 g/mol. The summed E-state index contributed by atoms with van der Waals surface area (Å²) in [5.74, 6) is -12.7. The summed E-state index contributed by atoms with van der Waals surface area (Å²) in [7, 11) is 0. The lowest BCUT2D eigenvalue weighted by molar-refractivity contribution is -0.120. The molecule has 1 amide bonds. The lowest BCUT2D eigenvalue weighted by atomic mass is 9.95. The zero-order valence-electron chi connectivity index (χ0n) is 10.7. The smallest absolute Gasteiger partial charge is 0.229 e. The van der Waals surface area contributed by atoms with E-state index in [9.17, 15) is 26.7 Å². The molecule has 8 heteroatoms. The van der Waals surface area contributed by atoms with Crippen LogP contribution in [0, 0.1) is 40.9 Å². The van der Waals surface area contributed by atoms with Gasteiger partial charge in [-0.15, -0.1) is 0 Å². The Morgan fingerprint density at radius 2 is 1.40 bits per heavy atom. The van der Waals surface area contributed by atoms with Crippen LogP contribution >= 0.6 is 0 Å². The molecule has 0 aromatic heterocycles. The highest BCUT2D eigenvalue weighted by Gasteiger charge is 2.29. The SMILES string of the molecule is CC(C)C(CN)C(=O)Nc1c(F)c(F)c(F)c(F)c1F. The Kier molecular flexibility index (Phi) is 5.04. The fraction of sp³-hybridized carbons (Fsp3) is 0.417. The maximum Gasteiger partial charge on any atom is 0.229 e. The molecule has 1 aromatic rings. The molecule has 1 atom stereocenters. The molecule has 0 saturated heterocycles. The van der Waals surface area contributed by atoms with E-state index >= 15 is 0 Å². The third-order valence-electron chi connectivity index (χ3n) is 2.85. The van der Waals surface area contributed by atoms with Gasteiger partial charge in [0.1, 0.15) is 5.69 Å². The van der Waals surface area contributed by atoms with Crippen LogP contribution in [0.15, 0.2) is 0 Å². The number of carbonyl (C=O) groups is 1. The van der Waals surface area contributed by atoms with Crippen molar-refractivity contribution in [1.29, 1.82) is 0 Å². The number of benzene rings is 1. The van der Waals surface area contributed by atoms with Crippen molar-refractivity contribution in [3.05, 3.63) is 29.1 Å². The molecule has 0 bridgehead atoms. The summed E-state index contributed by atoms with van der Waals surface area (Å²) in [6, 6.07) is 0. The Morgan fingerprint density at radius 3 is 1.75 bits per heavy atom. The number of amides is 1. The minimum atomic E-state index is -2.28. The number of rotatable bonds is 4. The van der Waals surface area contributed by atoms with Gasteiger partial charge in [0.15, 0.2) is 23.3 Å². The predicted octanol–water partition coefficient (Wildman–Crippen LogP) is 2.55. The number of hydrogen-bond acceptors (Lipinski definition) is 2. The van der Waals surface area contributed by atoms with Crippen molar-refractivity contribution in [3.63, 3.8) is 0 Å². The second kappa shape index (κ2) is 6.17. The molecule has 0 heterocycles. The summed E-state index contributed by atoms with van der Waals surface area (Å²) in [6.07, 6.45) is 0. The first-order valence-electron chi connectivity index (χ1n) is 5.74. The fourth-order valence-corrected chi connectivity index (χ4v) is 1.61. The normalized spacial score (nSPS) is 12.7. The van der Waals surface area contributed by atoms with Crippen LogP contribution in [0.3, 0.4) is 0 Å². The van der Waals surface area contributed by atoms with Crippen LogP contribution in [-0.4, -0.2) is 12.5 Å². The number of nitrogens with one attached hydrogen (secondary N) is 1. The van der Waals surface area contributed by atoms with Crippen molar-refractivity contribution in [3.8, 4) is 0 Å². The lowest BCUT2D eigenvalue weighted by Crippen LogP contribution is -2.33. The minimum absolute atomic E-state index is 0.126. The third kappa shape index (κ3) is 2.90. The minimum Gasteiger partial charge on any atom is -0.330 e. The van der Waals surface area contributed by atoms with E-state index in [1.807, 2.05) is 0 Å². The van der Waals surface area contributed by atoms with E-state index in [2.05, 4.69) is 0 Å². The highest BCUT2D eigenvalue weighted by molar-refractivity contribution is 5.93. The van der Waals surface area contributed by atoms with E-state index in [4.69, 9.17) is 5.73 Å². The number of halogens is 5. The fourth-order valence-electron chi connectivity index (χ4n) is 1.61. The summed E-state index contributed by atoms with van der Waals surface area (Å²) in [4.78, 5) is 11.7. The van der Waals surface area contributed by atoms with E-state index in [0.29, 0.717) is 0 Å². The summed E-state index contributed by atoms with van der Waals surface area (Å²) in [5.41, 5.74) is 3.96. The maximum atomic E-state index is 13.4. The average Bonchev–Trinajstić information content (AvgIpc) is 2.39. The summed E-state index contributed by atoms with van der Waals surface area (Å²) in [6.45, 7) is 3.14. The average molecular weight is 296 g/mol. The van der Waals surface area contributed by atoms with Crippen LogP contribution in [0.25, 0.3) is 0 Å². The van der Waals surface area contributed by atoms with E-state index in [-0.39, 0.29) is 12.5 Å². The van der Waals surface area contributed by atoms with Gasteiger partial charge < -0.3 is 11.1 Å². The first-order valence-corrected chi connectivity index (χ1v) is 5.74. The van der Waals surface area contributed by atoms with Gasteiger partial charge in [-0.2, -0.15) is 0 Å². The Labute approximate surface area is 112 Å².